The number of hydrogen-bond acceptors (Lipinski definition) is 5. The monoisotopic (exact) mass is 505 g/mol. The molecular formula is C26H22F3N7O. The Kier molecular flexibility index (Phi) is 5.40. The highest BCUT2D eigenvalue weighted by Crippen LogP contribution is 2.37. The minimum absolute atomic E-state index is 0.00191. The molecule has 0 bridgehead atoms. The van der Waals surface area contributed by atoms with Crippen LogP contribution in [0.25, 0.3) is 21.9 Å². The zero-order valence-corrected chi connectivity index (χ0v) is 19.6. The number of aromatic nitrogens is 5. The molecule has 1 amide bonds. The number of carbonyl (C=O) groups excluding carboxylic acids is 1. The quantitative estimate of drug-likeness (QED) is 0.336. The van der Waals surface area contributed by atoms with Crippen LogP contribution < -0.4 is 5.73 Å². The van der Waals surface area contributed by atoms with E-state index in [1.165, 1.54) is 12.3 Å². The third-order valence-electron chi connectivity index (χ3n) is 6.98. The smallest absolute Gasteiger partial charge is 0.258 e. The van der Waals surface area contributed by atoms with Crippen molar-refractivity contribution in [3.8, 4) is 11.8 Å². The Bertz CT molecular complexity index is 1630. The predicted octanol–water partition coefficient (Wildman–Crippen LogP) is 3.83. The lowest BCUT2D eigenvalue weighted by molar-refractivity contribution is -0.129. The zero-order valence-electron chi connectivity index (χ0n) is 19.6. The van der Waals surface area contributed by atoms with Gasteiger partial charge in [0.25, 0.3) is 6.43 Å². The normalized spacial score (nSPS) is 19.5. The van der Waals surface area contributed by atoms with Gasteiger partial charge in [0.2, 0.25) is 5.91 Å². The van der Waals surface area contributed by atoms with Crippen molar-refractivity contribution in [2.45, 2.75) is 43.8 Å². The maximum absolute atomic E-state index is 15.0. The first-order chi connectivity index (χ1) is 17.9. The summed E-state index contributed by atoms with van der Waals surface area (Å²) in [6.45, 7) is 3.44. The molecule has 1 saturated carbocycles. The summed E-state index contributed by atoms with van der Waals surface area (Å²) < 4.78 is 45.9. The number of anilines is 1. The van der Waals surface area contributed by atoms with Gasteiger partial charge >= 0.3 is 0 Å². The number of benzene rings is 1. The number of nitrogens with zero attached hydrogens (tertiary/aromatic N) is 6. The highest BCUT2D eigenvalue weighted by molar-refractivity contribution is 5.93. The SMILES string of the molecule is C=CC(=O)N1C[C@@H](n2nc(C#Cc3cc4ncn(C5CC5)c4cc3F)c3c(N)nccc32)C[C@@H]1C(F)F. The summed E-state index contributed by atoms with van der Waals surface area (Å²) in [4.78, 5) is 21.8. The number of imidazole rings is 1. The number of nitrogen functional groups attached to an aromatic ring is 1. The van der Waals surface area contributed by atoms with Crippen molar-refractivity contribution >= 4 is 33.7 Å². The van der Waals surface area contributed by atoms with E-state index in [-0.39, 0.29) is 30.0 Å². The Morgan fingerprint density at radius 1 is 1.19 bits per heavy atom. The van der Waals surface area contributed by atoms with Gasteiger partial charge in [0.05, 0.1) is 45.9 Å². The van der Waals surface area contributed by atoms with Crippen molar-refractivity contribution in [3.63, 3.8) is 0 Å². The number of nitrogens with two attached hydrogens (primary N) is 1. The van der Waals surface area contributed by atoms with Crippen LogP contribution in [0.5, 0.6) is 0 Å². The number of carbonyl (C=O) groups is 1. The van der Waals surface area contributed by atoms with E-state index in [4.69, 9.17) is 5.73 Å². The Morgan fingerprint density at radius 3 is 2.73 bits per heavy atom. The summed E-state index contributed by atoms with van der Waals surface area (Å²) in [5.41, 5.74) is 8.44. The van der Waals surface area contributed by atoms with Crippen LogP contribution in [0.4, 0.5) is 19.0 Å². The van der Waals surface area contributed by atoms with E-state index in [0.717, 1.165) is 29.3 Å². The van der Waals surface area contributed by atoms with Gasteiger partial charge < -0.3 is 15.2 Å². The lowest BCUT2D eigenvalue weighted by Gasteiger charge is -2.21. The van der Waals surface area contributed by atoms with Gasteiger partial charge in [0.1, 0.15) is 17.3 Å². The van der Waals surface area contributed by atoms with Crippen LogP contribution >= 0.6 is 0 Å². The van der Waals surface area contributed by atoms with Crippen LogP contribution in [0.2, 0.25) is 0 Å². The minimum atomic E-state index is -2.72. The summed E-state index contributed by atoms with van der Waals surface area (Å²) in [5, 5.41) is 5.00. The van der Waals surface area contributed by atoms with Gasteiger partial charge in [-0.1, -0.05) is 12.5 Å². The van der Waals surface area contributed by atoms with Gasteiger partial charge in [-0.2, -0.15) is 5.10 Å². The molecule has 188 valence electrons. The molecule has 2 aliphatic rings. The Balaban J connectivity index is 1.40. The first-order valence-electron chi connectivity index (χ1n) is 11.9. The molecule has 2 atom stereocenters. The fraction of sp³-hybridized carbons (Fsp3) is 0.308. The predicted molar refractivity (Wildman–Crippen MR) is 131 cm³/mol. The van der Waals surface area contributed by atoms with E-state index < -0.39 is 30.2 Å². The van der Waals surface area contributed by atoms with Crippen LogP contribution in [0.3, 0.4) is 0 Å². The molecule has 8 nitrogen and oxygen atoms in total. The molecule has 11 heteroatoms. The number of fused-ring (bicyclic) bond motifs is 2. The molecule has 3 aromatic heterocycles. The topological polar surface area (TPSA) is 94.9 Å². The van der Waals surface area contributed by atoms with Crippen molar-refractivity contribution in [1.29, 1.82) is 0 Å². The number of alkyl halides is 2. The summed E-state index contributed by atoms with van der Waals surface area (Å²) in [5.74, 6) is 4.84. The number of halogens is 3. The van der Waals surface area contributed by atoms with Crippen LogP contribution in [-0.4, -0.2) is 54.1 Å². The average molecular weight is 506 g/mol. The van der Waals surface area contributed by atoms with E-state index in [9.17, 15) is 18.0 Å². The van der Waals surface area contributed by atoms with Crippen molar-refractivity contribution in [3.05, 3.63) is 60.5 Å². The van der Waals surface area contributed by atoms with Crippen molar-refractivity contribution < 1.29 is 18.0 Å². The van der Waals surface area contributed by atoms with Crippen LogP contribution in [0.15, 0.2) is 43.4 Å². The molecule has 1 saturated heterocycles. The number of likely N-dealkylation sites (tertiary alicyclic amines) is 1. The van der Waals surface area contributed by atoms with Crippen molar-refractivity contribution in [2.75, 3.05) is 12.3 Å². The summed E-state index contributed by atoms with van der Waals surface area (Å²) in [7, 11) is 0. The molecule has 1 aliphatic heterocycles. The Labute approximate surface area is 209 Å². The number of amides is 1. The second-order valence-corrected chi connectivity index (χ2v) is 9.32. The third-order valence-corrected chi connectivity index (χ3v) is 6.98. The molecule has 37 heavy (non-hydrogen) atoms. The van der Waals surface area contributed by atoms with E-state index >= 15 is 0 Å². The molecule has 2 N–H and O–H groups in total. The van der Waals surface area contributed by atoms with Crippen LogP contribution in [0, 0.1) is 17.7 Å². The van der Waals surface area contributed by atoms with Crippen LogP contribution in [-0.2, 0) is 4.79 Å². The Hall–Kier alpha value is -4.33. The van der Waals surface area contributed by atoms with Gasteiger partial charge in [-0.3, -0.25) is 9.48 Å². The van der Waals surface area contributed by atoms with E-state index in [2.05, 4.69) is 33.5 Å². The van der Waals surface area contributed by atoms with E-state index in [1.807, 2.05) is 4.57 Å². The standard InChI is InChI=1S/C26H22F3N7O/c1-2-23(37)34-12-16(10-22(34)25(28)29)36-20-7-8-31-26(30)24(20)18(33-36)6-3-14-9-19-21(11-17(14)27)35(13-32-19)15-4-5-15/h2,7-9,11,13,15-16,22,25H,1,4-5,10,12H2,(H2,30,31)/t16-,22+/m0/s1. The first kappa shape index (κ1) is 23.1. The molecule has 1 aromatic carbocycles. The molecule has 0 spiro atoms. The lowest BCUT2D eigenvalue weighted by atomic mass is 10.1. The molecule has 6 rings (SSSR count). The first-order valence-corrected chi connectivity index (χ1v) is 11.9. The Morgan fingerprint density at radius 2 is 2.00 bits per heavy atom. The second kappa shape index (κ2) is 8.65. The average Bonchev–Trinajstić information content (AvgIpc) is 3.32. The fourth-order valence-corrected chi connectivity index (χ4v) is 5.02. The molecule has 1 aliphatic carbocycles. The zero-order chi connectivity index (χ0) is 25.8. The highest BCUT2D eigenvalue weighted by Gasteiger charge is 2.41. The van der Waals surface area contributed by atoms with Crippen molar-refractivity contribution in [1.82, 2.24) is 29.2 Å². The minimum Gasteiger partial charge on any atom is -0.383 e. The lowest BCUT2D eigenvalue weighted by Crippen LogP contribution is -2.38. The van der Waals surface area contributed by atoms with E-state index in [1.54, 1.807) is 23.1 Å². The molecule has 0 unspecified atom stereocenters. The summed E-state index contributed by atoms with van der Waals surface area (Å²) >= 11 is 0. The van der Waals surface area contributed by atoms with Gasteiger partial charge in [0, 0.05) is 24.8 Å². The maximum atomic E-state index is 15.0. The van der Waals surface area contributed by atoms with Gasteiger partial charge in [-0.25, -0.2) is 23.1 Å². The second-order valence-electron chi connectivity index (χ2n) is 9.32. The summed E-state index contributed by atoms with van der Waals surface area (Å²) in [6, 6.07) is 3.26. The molecule has 2 fully saturated rings. The number of pyridine rings is 1. The van der Waals surface area contributed by atoms with Crippen LogP contribution in [0.1, 0.15) is 42.6 Å². The van der Waals surface area contributed by atoms with Gasteiger partial charge in [-0.05, 0) is 43.4 Å². The molecule has 4 heterocycles. The number of hydrogen-bond donors (Lipinski definition) is 1. The highest BCUT2D eigenvalue weighted by atomic mass is 19.3. The summed E-state index contributed by atoms with van der Waals surface area (Å²) in [6.07, 6.45) is 3.62. The third kappa shape index (κ3) is 3.89. The number of rotatable bonds is 4. The van der Waals surface area contributed by atoms with E-state index in [0.29, 0.717) is 22.5 Å². The molecule has 4 aromatic rings. The molecular weight excluding hydrogens is 483 g/mol. The van der Waals surface area contributed by atoms with Crippen molar-refractivity contribution in [2.24, 2.45) is 0 Å². The van der Waals surface area contributed by atoms with Gasteiger partial charge in [0.15, 0.2) is 0 Å². The van der Waals surface area contributed by atoms with Gasteiger partial charge in [-0.15, -0.1) is 0 Å². The molecule has 0 radical (unpaired) electrons. The largest absolute Gasteiger partial charge is 0.383 e. The maximum Gasteiger partial charge on any atom is 0.258 e. The fourth-order valence-electron chi connectivity index (χ4n) is 5.02.